The standard InChI is InChI=1S/C20H18N4O4S/c21-15-12-29-20(23-15)17(19(22)26)24-27-11-16(25)28-18(13-7-3-1-4-8-13)14-9-5-2-6-10-14/h1-10,12,18H,11,21H2,(H2,22,26)/b24-17+. The van der Waals surface area contributed by atoms with E-state index in [-0.39, 0.29) is 16.5 Å². The van der Waals surface area contributed by atoms with E-state index in [0.29, 0.717) is 0 Å². The third kappa shape index (κ3) is 5.39. The third-order valence-electron chi connectivity index (χ3n) is 3.75. The Morgan fingerprint density at radius 1 is 1.03 bits per heavy atom. The molecule has 0 aliphatic rings. The summed E-state index contributed by atoms with van der Waals surface area (Å²) in [7, 11) is 0. The van der Waals surface area contributed by atoms with Crippen LogP contribution in [0.25, 0.3) is 0 Å². The van der Waals surface area contributed by atoms with E-state index < -0.39 is 24.6 Å². The van der Waals surface area contributed by atoms with Gasteiger partial charge in [0.2, 0.25) is 12.3 Å². The van der Waals surface area contributed by atoms with Crippen molar-refractivity contribution >= 4 is 34.7 Å². The molecular weight excluding hydrogens is 392 g/mol. The number of aromatic nitrogens is 1. The van der Waals surface area contributed by atoms with E-state index >= 15 is 0 Å². The highest BCUT2D eigenvalue weighted by atomic mass is 32.1. The third-order valence-corrected chi connectivity index (χ3v) is 4.62. The van der Waals surface area contributed by atoms with Crippen molar-refractivity contribution < 1.29 is 19.2 Å². The molecule has 0 bridgehead atoms. The lowest BCUT2D eigenvalue weighted by atomic mass is 10.0. The van der Waals surface area contributed by atoms with E-state index in [2.05, 4.69) is 10.1 Å². The van der Waals surface area contributed by atoms with Gasteiger partial charge in [-0.25, -0.2) is 9.78 Å². The molecule has 1 aromatic heterocycles. The van der Waals surface area contributed by atoms with Gasteiger partial charge in [-0.2, -0.15) is 0 Å². The van der Waals surface area contributed by atoms with Gasteiger partial charge >= 0.3 is 5.97 Å². The van der Waals surface area contributed by atoms with Crippen LogP contribution in [0.15, 0.2) is 71.2 Å². The highest BCUT2D eigenvalue weighted by Gasteiger charge is 2.20. The van der Waals surface area contributed by atoms with Crippen LogP contribution in [0.5, 0.6) is 0 Å². The first-order chi connectivity index (χ1) is 14.0. The normalized spacial score (nSPS) is 11.3. The molecule has 0 spiro atoms. The number of thiazole rings is 1. The number of anilines is 1. The van der Waals surface area contributed by atoms with E-state index in [1.165, 1.54) is 5.38 Å². The number of esters is 1. The first-order valence-electron chi connectivity index (χ1n) is 8.55. The van der Waals surface area contributed by atoms with Gasteiger partial charge in [-0.3, -0.25) is 4.79 Å². The van der Waals surface area contributed by atoms with Crippen molar-refractivity contribution in [1.29, 1.82) is 0 Å². The summed E-state index contributed by atoms with van der Waals surface area (Å²) in [6.07, 6.45) is -0.605. The van der Waals surface area contributed by atoms with Crippen molar-refractivity contribution in [2.75, 3.05) is 12.3 Å². The molecule has 0 aliphatic heterocycles. The molecule has 29 heavy (non-hydrogen) atoms. The van der Waals surface area contributed by atoms with Gasteiger partial charge in [0.05, 0.1) is 0 Å². The summed E-state index contributed by atoms with van der Waals surface area (Å²) in [6, 6.07) is 18.6. The fraction of sp³-hybridized carbons (Fsp3) is 0.100. The summed E-state index contributed by atoms with van der Waals surface area (Å²) in [5.41, 5.74) is 12.2. The molecule has 0 radical (unpaired) electrons. The van der Waals surface area contributed by atoms with Gasteiger partial charge in [0, 0.05) is 5.38 Å². The quantitative estimate of drug-likeness (QED) is 0.333. The Morgan fingerprint density at radius 2 is 1.62 bits per heavy atom. The van der Waals surface area contributed by atoms with E-state index in [1.807, 2.05) is 60.7 Å². The molecule has 0 atom stereocenters. The number of hydrogen-bond donors (Lipinski definition) is 2. The molecule has 3 rings (SSSR count). The summed E-state index contributed by atoms with van der Waals surface area (Å²) in [4.78, 5) is 32.8. The second kappa shape index (κ2) is 9.47. The zero-order chi connectivity index (χ0) is 20.6. The number of nitrogens with zero attached hydrogens (tertiary/aromatic N) is 2. The van der Waals surface area contributed by atoms with Crippen molar-refractivity contribution in [3.05, 3.63) is 82.2 Å². The lowest BCUT2D eigenvalue weighted by Crippen LogP contribution is -2.25. The Kier molecular flexibility index (Phi) is 6.54. The predicted molar refractivity (Wildman–Crippen MR) is 109 cm³/mol. The Morgan fingerprint density at radius 3 is 2.10 bits per heavy atom. The van der Waals surface area contributed by atoms with Crippen LogP contribution in [0.2, 0.25) is 0 Å². The Hall–Kier alpha value is -3.72. The van der Waals surface area contributed by atoms with Gasteiger partial charge in [0.25, 0.3) is 5.91 Å². The van der Waals surface area contributed by atoms with Gasteiger partial charge in [-0.05, 0) is 11.1 Å². The molecule has 3 aromatic rings. The fourth-order valence-electron chi connectivity index (χ4n) is 2.48. The summed E-state index contributed by atoms with van der Waals surface area (Å²) in [6.45, 7) is -0.506. The predicted octanol–water partition coefficient (Wildman–Crippen LogP) is 2.26. The van der Waals surface area contributed by atoms with Crippen LogP contribution in [0.1, 0.15) is 22.2 Å². The van der Waals surface area contributed by atoms with Crippen LogP contribution in [0.4, 0.5) is 5.82 Å². The van der Waals surface area contributed by atoms with Crippen LogP contribution < -0.4 is 11.5 Å². The van der Waals surface area contributed by atoms with Crippen molar-refractivity contribution in [2.24, 2.45) is 10.9 Å². The van der Waals surface area contributed by atoms with Gasteiger partial charge < -0.3 is 21.0 Å². The maximum absolute atomic E-state index is 12.3. The zero-order valence-corrected chi connectivity index (χ0v) is 16.0. The van der Waals surface area contributed by atoms with E-state index in [0.717, 1.165) is 22.5 Å². The number of hydrogen-bond acceptors (Lipinski definition) is 8. The molecule has 0 saturated carbocycles. The largest absolute Gasteiger partial charge is 0.450 e. The molecule has 1 heterocycles. The minimum atomic E-state index is -0.848. The average molecular weight is 410 g/mol. The van der Waals surface area contributed by atoms with Crippen LogP contribution >= 0.6 is 11.3 Å². The smallest absolute Gasteiger partial charge is 0.347 e. The maximum Gasteiger partial charge on any atom is 0.347 e. The van der Waals surface area contributed by atoms with Crippen LogP contribution in [-0.2, 0) is 19.2 Å². The van der Waals surface area contributed by atoms with Crippen molar-refractivity contribution in [2.45, 2.75) is 6.10 Å². The number of rotatable bonds is 8. The Labute approximate surface area is 170 Å². The Balaban J connectivity index is 1.70. The molecule has 0 unspecified atom stereocenters. The molecule has 1 amide bonds. The first kappa shape index (κ1) is 20.0. The SMILES string of the molecule is NC(=O)/C(=N\OCC(=O)OC(c1ccccc1)c1ccccc1)c1nc(N)cs1. The van der Waals surface area contributed by atoms with E-state index in [9.17, 15) is 9.59 Å². The minimum Gasteiger partial charge on any atom is -0.450 e. The number of nitrogen functional groups attached to an aromatic ring is 1. The molecule has 8 nitrogen and oxygen atoms in total. The first-order valence-corrected chi connectivity index (χ1v) is 9.43. The average Bonchev–Trinajstić information content (AvgIpc) is 3.16. The maximum atomic E-state index is 12.3. The van der Waals surface area contributed by atoms with Gasteiger partial charge in [0.1, 0.15) is 5.82 Å². The molecule has 9 heteroatoms. The second-order valence-corrected chi connectivity index (χ2v) is 6.70. The van der Waals surface area contributed by atoms with Crippen molar-refractivity contribution in [1.82, 2.24) is 4.98 Å². The molecule has 2 aromatic carbocycles. The van der Waals surface area contributed by atoms with Crippen molar-refractivity contribution in [3.63, 3.8) is 0 Å². The summed E-state index contributed by atoms with van der Waals surface area (Å²) in [5, 5.41) is 5.37. The number of carbonyl (C=O) groups is 2. The van der Waals surface area contributed by atoms with Crippen LogP contribution in [0.3, 0.4) is 0 Å². The summed E-state index contributed by atoms with van der Waals surface area (Å²) in [5.74, 6) is -1.28. The lowest BCUT2D eigenvalue weighted by molar-refractivity contribution is -0.153. The van der Waals surface area contributed by atoms with E-state index in [4.69, 9.17) is 21.0 Å². The molecule has 0 saturated heterocycles. The van der Waals surface area contributed by atoms with Gasteiger partial charge in [-0.1, -0.05) is 65.8 Å². The Bertz CT molecular complexity index is 966. The number of primary amides is 1. The second-order valence-electron chi connectivity index (χ2n) is 5.85. The molecule has 4 N–H and O–H groups in total. The highest BCUT2D eigenvalue weighted by Crippen LogP contribution is 2.25. The van der Waals surface area contributed by atoms with Gasteiger partial charge in [-0.15, -0.1) is 11.3 Å². The number of amides is 1. The van der Waals surface area contributed by atoms with Crippen LogP contribution in [-0.4, -0.2) is 29.2 Å². The number of carbonyl (C=O) groups excluding carboxylic acids is 2. The molecule has 0 aliphatic carbocycles. The summed E-state index contributed by atoms with van der Waals surface area (Å²) < 4.78 is 5.59. The summed E-state index contributed by atoms with van der Waals surface area (Å²) >= 11 is 1.09. The number of benzene rings is 2. The van der Waals surface area contributed by atoms with Gasteiger partial charge in [0.15, 0.2) is 11.1 Å². The minimum absolute atomic E-state index is 0.204. The monoisotopic (exact) mass is 410 g/mol. The number of oxime groups is 1. The van der Waals surface area contributed by atoms with Crippen molar-refractivity contribution in [3.8, 4) is 0 Å². The number of ether oxygens (including phenoxy) is 1. The lowest BCUT2D eigenvalue weighted by Gasteiger charge is -2.18. The fourth-order valence-corrected chi connectivity index (χ4v) is 3.18. The number of nitrogens with two attached hydrogens (primary N) is 2. The topological polar surface area (TPSA) is 130 Å². The zero-order valence-electron chi connectivity index (χ0n) is 15.2. The highest BCUT2D eigenvalue weighted by molar-refractivity contribution is 7.13. The molecule has 0 fully saturated rings. The van der Waals surface area contributed by atoms with E-state index in [1.54, 1.807) is 0 Å². The molecular formula is C20H18N4O4S. The molecule has 148 valence electrons. The van der Waals surface area contributed by atoms with Crippen LogP contribution in [0, 0.1) is 0 Å².